The first kappa shape index (κ1) is 19.0. The van der Waals surface area contributed by atoms with E-state index in [-0.39, 0.29) is 18.0 Å². The molecule has 2 N–H and O–H groups in total. The lowest BCUT2D eigenvalue weighted by Crippen LogP contribution is -2.47. The number of hydrogen-bond acceptors (Lipinski definition) is 2. The van der Waals surface area contributed by atoms with Crippen molar-refractivity contribution in [3.05, 3.63) is 62.7 Å². The van der Waals surface area contributed by atoms with Crippen LogP contribution in [0.25, 0.3) is 0 Å². The highest BCUT2D eigenvalue weighted by Crippen LogP contribution is 2.21. The lowest BCUT2D eigenvalue weighted by atomic mass is 10.0. The molecule has 2 aromatic rings. The summed E-state index contributed by atoms with van der Waals surface area (Å²) in [5, 5.41) is 6.35. The first-order chi connectivity index (χ1) is 12.5. The van der Waals surface area contributed by atoms with Gasteiger partial charge in [0.05, 0.1) is 5.56 Å². The molecular weight excluding hydrogens is 465 g/mol. The summed E-state index contributed by atoms with van der Waals surface area (Å²) in [6.07, 6.45) is 1.45. The van der Waals surface area contributed by atoms with E-state index < -0.39 is 0 Å². The number of carbonyl (C=O) groups is 2. The van der Waals surface area contributed by atoms with E-state index in [1.165, 1.54) is 0 Å². The Morgan fingerprint density at radius 1 is 1.08 bits per heavy atom. The average Bonchev–Trinajstić information content (AvgIpc) is 2.64. The summed E-state index contributed by atoms with van der Waals surface area (Å²) in [5.74, 6) is -0.0101. The quantitative estimate of drug-likeness (QED) is 0.637. The van der Waals surface area contributed by atoms with Crippen LogP contribution in [0.4, 0.5) is 10.5 Å². The van der Waals surface area contributed by atoms with E-state index in [0.717, 1.165) is 22.1 Å². The molecular formula is C19H19ClIN3O2. The lowest BCUT2D eigenvalue weighted by molar-refractivity contribution is 0.0708. The van der Waals surface area contributed by atoms with Gasteiger partial charge in [-0.25, -0.2) is 4.79 Å². The Bertz CT molecular complexity index is 793. The van der Waals surface area contributed by atoms with Crippen LogP contribution in [0.3, 0.4) is 0 Å². The number of carbonyl (C=O) groups excluding carboxylic acids is 2. The van der Waals surface area contributed by atoms with Crippen molar-refractivity contribution < 1.29 is 9.59 Å². The molecule has 0 radical (unpaired) electrons. The molecule has 3 rings (SSSR count). The van der Waals surface area contributed by atoms with Crippen molar-refractivity contribution in [3.8, 4) is 0 Å². The first-order valence-electron chi connectivity index (χ1n) is 8.40. The van der Waals surface area contributed by atoms with Crippen molar-refractivity contribution in [1.82, 2.24) is 10.2 Å². The third-order valence-corrected chi connectivity index (χ3v) is 5.48. The van der Waals surface area contributed by atoms with Gasteiger partial charge in [-0.3, -0.25) is 4.79 Å². The summed E-state index contributed by atoms with van der Waals surface area (Å²) in [5.41, 5.74) is 1.39. The molecule has 1 saturated heterocycles. The fourth-order valence-corrected chi connectivity index (χ4v) is 3.67. The summed E-state index contributed by atoms with van der Waals surface area (Å²) >= 11 is 8.17. The van der Waals surface area contributed by atoms with Crippen molar-refractivity contribution in [1.29, 1.82) is 0 Å². The molecule has 7 heteroatoms. The van der Waals surface area contributed by atoms with Crippen LogP contribution in [0.15, 0.2) is 48.5 Å². The van der Waals surface area contributed by atoms with Gasteiger partial charge in [0, 0.05) is 33.4 Å². The second kappa shape index (κ2) is 8.73. The summed E-state index contributed by atoms with van der Waals surface area (Å²) in [4.78, 5) is 26.6. The minimum absolute atomic E-state index is 0.0101. The largest absolute Gasteiger partial charge is 0.338 e. The lowest BCUT2D eigenvalue weighted by Gasteiger charge is -2.32. The zero-order valence-electron chi connectivity index (χ0n) is 14.0. The fourth-order valence-electron chi connectivity index (χ4n) is 2.93. The van der Waals surface area contributed by atoms with Crippen LogP contribution >= 0.6 is 34.2 Å². The average molecular weight is 484 g/mol. The molecule has 2 aromatic carbocycles. The number of nitrogens with one attached hydrogen (secondary N) is 2. The van der Waals surface area contributed by atoms with Crippen LogP contribution in [0, 0.1) is 3.57 Å². The van der Waals surface area contributed by atoms with Crippen molar-refractivity contribution >= 4 is 51.8 Å². The minimum atomic E-state index is -0.217. The van der Waals surface area contributed by atoms with Gasteiger partial charge in [0.15, 0.2) is 0 Å². The van der Waals surface area contributed by atoms with Crippen molar-refractivity contribution in [2.24, 2.45) is 0 Å². The Labute approximate surface area is 171 Å². The SMILES string of the molecule is O=C(Nc1ccccc1)NC1CCN(C(=O)c2cc(Cl)ccc2I)CC1. The van der Waals surface area contributed by atoms with Gasteiger partial charge in [0.25, 0.3) is 5.91 Å². The molecule has 1 aliphatic heterocycles. The standard InChI is InChI=1S/C19H19ClIN3O2/c20-13-6-7-17(21)16(12-13)18(25)24-10-8-15(9-11-24)23-19(26)22-14-4-2-1-3-5-14/h1-7,12,15H,8-11H2,(H2,22,23,26). The summed E-state index contributed by atoms with van der Waals surface area (Å²) in [7, 11) is 0. The highest BCUT2D eigenvalue weighted by molar-refractivity contribution is 14.1. The van der Waals surface area contributed by atoms with Crippen LogP contribution in [0.5, 0.6) is 0 Å². The summed E-state index contributed by atoms with van der Waals surface area (Å²) in [6.45, 7) is 1.22. The minimum Gasteiger partial charge on any atom is -0.338 e. The number of hydrogen-bond donors (Lipinski definition) is 2. The van der Waals surface area contributed by atoms with Gasteiger partial charge in [-0.2, -0.15) is 0 Å². The number of rotatable bonds is 3. The Morgan fingerprint density at radius 3 is 2.46 bits per heavy atom. The van der Waals surface area contributed by atoms with Crippen LogP contribution in [0.1, 0.15) is 23.2 Å². The molecule has 0 unspecified atom stereocenters. The van der Waals surface area contributed by atoms with E-state index in [4.69, 9.17) is 11.6 Å². The monoisotopic (exact) mass is 483 g/mol. The molecule has 0 bridgehead atoms. The van der Waals surface area contributed by atoms with E-state index >= 15 is 0 Å². The van der Waals surface area contributed by atoms with Gasteiger partial charge in [-0.05, 0) is 65.8 Å². The van der Waals surface area contributed by atoms with Crippen molar-refractivity contribution in [2.75, 3.05) is 18.4 Å². The van der Waals surface area contributed by atoms with Crippen LogP contribution in [-0.2, 0) is 0 Å². The molecule has 0 saturated carbocycles. The third kappa shape index (κ3) is 4.88. The number of amides is 3. The Morgan fingerprint density at radius 2 is 1.77 bits per heavy atom. The Balaban J connectivity index is 1.51. The number of benzene rings is 2. The molecule has 0 aromatic heterocycles. The molecule has 1 aliphatic rings. The first-order valence-corrected chi connectivity index (χ1v) is 9.85. The number of piperidine rings is 1. The van der Waals surface area contributed by atoms with Gasteiger partial charge in [0.1, 0.15) is 0 Å². The van der Waals surface area contributed by atoms with Crippen LogP contribution < -0.4 is 10.6 Å². The third-order valence-electron chi connectivity index (χ3n) is 4.31. The van der Waals surface area contributed by atoms with E-state index in [1.807, 2.05) is 41.3 Å². The van der Waals surface area contributed by atoms with Crippen LogP contribution in [0.2, 0.25) is 5.02 Å². The van der Waals surface area contributed by atoms with Gasteiger partial charge in [0.2, 0.25) is 0 Å². The smallest absolute Gasteiger partial charge is 0.319 e. The Hall–Kier alpha value is -1.80. The van der Waals surface area contributed by atoms with E-state index in [2.05, 4.69) is 33.2 Å². The zero-order valence-corrected chi connectivity index (χ0v) is 17.0. The van der Waals surface area contributed by atoms with E-state index in [1.54, 1.807) is 12.1 Å². The second-order valence-electron chi connectivity index (χ2n) is 6.16. The highest BCUT2D eigenvalue weighted by atomic mass is 127. The highest BCUT2D eigenvalue weighted by Gasteiger charge is 2.25. The maximum absolute atomic E-state index is 12.7. The number of halogens is 2. The molecule has 5 nitrogen and oxygen atoms in total. The van der Waals surface area contributed by atoms with E-state index in [9.17, 15) is 9.59 Å². The second-order valence-corrected chi connectivity index (χ2v) is 7.75. The normalized spacial score (nSPS) is 14.8. The number of likely N-dealkylation sites (tertiary alicyclic amines) is 1. The van der Waals surface area contributed by atoms with Crippen LogP contribution in [-0.4, -0.2) is 36.0 Å². The van der Waals surface area contributed by atoms with Crippen molar-refractivity contribution in [2.45, 2.75) is 18.9 Å². The van der Waals surface area contributed by atoms with Gasteiger partial charge in [-0.15, -0.1) is 0 Å². The van der Waals surface area contributed by atoms with E-state index in [0.29, 0.717) is 23.7 Å². The molecule has 1 fully saturated rings. The molecule has 0 spiro atoms. The maximum Gasteiger partial charge on any atom is 0.319 e. The molecule has 1 heterocycles. The molecule has 0 atom stereocenters. The number of urea groups is 1. The topological polar surface area (TPSA) is 61.4 Å². The molecule has 26 heavy (non-hydrogen) atoms. The van der Waals surface area contributed by atoms with Crippen molar-refractivity contribution in [3.63, 3.8) is 0 Å². The Kier molecular flexibility index (Phi) is 6.37. The van der Waals surface area contributed by atoms with Gasteiger partial charge in [-0.1, -0.05) is 29.8 Å². The van der Waals surface area contributed by atoms with Gasteiger partial charge >= 0.3 is 6.03 Å². The van der Waals surface area contributed by atoms with Gasteiger partial charge < -0.3 is 15.5 Å². The molecule has 0 aliphatic carbocycles. The molecule has 3 amide bonds. The summed E-state index contributed by atoms with van der Waals surface area (Å²) in [6, 6.07) is 14.5. The number of nitrogens with zero attached hydrogens (tertiary/aromatic N) is 1. The summed E-state index contributed by atoms with van der Waals surface area (Å²) < 4.78 is 0.888. The number of para-hydroxylation sites is 1. The molecule has 136 valence electrons. The predicted octanol–water partition coefficient (Wildman–Crippen LogP) is 4.37. The zero-order chi connectivity index (χ0) is 18.5. The predicted molar refractivity (Wildman–Crippen MR) is 112 cm³/mol. The fraction of sp³-hybridized carbons (Fsp3) is 0.263. The maximum atomic E-state index is 12.7. The number of anilines is 1.